The maximum atomic E-state index is 12.5. The lowest BCUT2D eigenvalue weighted by atomic mass is 9.89. The molecule has 2 aliphatic rings. The fourth-order valence-electron chi connectivity index (χ4n) is 4.86. The number of carbonyl (C=O) groups is 1. The van der Waals surface area contributed by atoms with Crippen molar-refractivity contribution in [3.63, 3.8) is 0 Å². The maximum absolute atomic E-state index is 12.5. The number of nitrogens with zero attached hydrogens (tertiary/aromatic N) is 2. The van der Waals surface area contributed by atoms with Crippen molar-refractivity contribution in [2.45, 2.75) is 38.6 Å². The molecule has 2 fully saturated rings. The number of fused-ring (bicyclic) bond motifs is 1. The molecule has 0 aromatic heterocycles. The predicted octanol–water partition coefficient (Wildman–Crippen LogP) is 2.79. The SMILES string of the molecule is COc1ccc(CCCN2C(=O)CC3C2C[C@H](C)[C@H]3C[N+](=O)[O-])cc1OC. The van der Waals surface area contributed by atoms with Crippen molar-refractivity contribution in [3.8, 4) is 11.5 Å². The number of benzene rings is 1. The van der Waals surface area contributed by atoms with E-state index in [0.29, 0.717) is 30.4 Å². The molecular weight excluding hydrogens is 348 g/mol. The predicted molar refractivity (Wildman–Crippen MR) is 101 cm³/mol. The smallest absolute Gasteiger partial charge is 0.223 e. The number of hydrogen-bond donors (Lipinski definition) is 0. The van der Waals surface area contributed by atoms with Gasteiger partial charge in [-0.1, -0.05) is 13.0 Å². The summed E-state index contributed by atoms with van der Waals surface area (Å²) in [6.07, 6.45) is 3.04. The summed E-state index contributed by atoms with van der Waals surface area (Å²) in [5, 5.41) is 11.0. The Labute approximate surface area is 159 Å². The highest BCUT2D eigenvalue weighted by molar-refractivity contribution is 5.79. The van der Waals surface area contributed by atoms with E-state index < -0.39 is 0 Å². The Hall–Kier alpha value is -2.31. The number of rotatable bonds is 8. The Morgan fingerprint density at radius 1 is 1.26 bits per heavy atom. The highest BCUT2D eigenvalue weighted by atomic mass is 16.6. The van der Waals surface area contributed by atoms with Crippen LogP contribution in [0, 0.1) is 27.9 Å². The summed E-state index contributed by atoms with van der Waals surface area (Å²) in [7, 11) is 3.23. The van der Waals surface area contributed by atoms with E-state index in [2.05, 4.69) is 6.92 Å². The molecule has 7 nitrogen and oxygen atoms in total. The van der Waals surface area contributed by atoms with Crippen LogP contribution in [0.5, 0.6) is 11.5 Å². The lowest BCUT2D eigenvalue weighted by molar-refractivity contribution is -0.490. The Bertz CT molecular complexity index is 708. The van der Waals surface area contributed by atoms with Gasteiger partial charge in [0.05, 0.1) is 14.2 Å². The van der Waals surface area contributed by atoms with E-state index in [-0.39, 0.29) is 35.3 Å². The first-order valence-corrected chi connectivity index (χ1v) is 9.56. The van der Waals surface area contributed by atoms with E-state index in [1.807, 2.05) is 23.1 Å². The molecule has 2 unspecified atom stereocenters. The van der Waals surface area contributed by atoms with Gasteiger partial charge in [0.1, 0.15) is 0 Å². The molecule has 7 heteroatoms. The van der Waals surface area contributed by atoms with Gasteiger partial charge in [-0.2, -0.15) is 0 Å². The zero-order chi connectivity index (χ0) is 19.6. The summed E-state index contributed by atoms with van der Waals surface area (Å²) in [4.78, 5) is 25.2. The molecule has 1 aliphatic heterocycles. The average Bonchev–Trinajstić information content (AvgIpc) is 3.10. The van der Waals surface area contributed by atoms with Crippen LogP contribution in [0.15, 0.2) is 18.2 Å². The monoisotopic (exact) mass is 376 g/mol. The molecule has 27 heavy (non-hydrogen) atoms. The van der Waals surface area contributed by atoms with Gasteiger partial charge in [0.25, 0.3) is 0 Å². The molecule has 148 valence electrons. The molecule has 1 aliphatic carbocycles. The van der Waals surface area contributed by atoms with Crippen molar-refractivity contribution < 1.29 is 19.2 Å². The fraction of sp³-hybridized carbons (Fsp3) is 0.650. The third kappa shape index (κ3) is 4.01. The number of amides is 1. The molecule has 1 amide bonds. The van der Waals surface area contributed by atoms with E-state index in [0.717, 1.165) is 24.8 Å². The molecule has 0 N–H and O–H groups in total. The lowest BCUT2D eigenvalue weighted by Gasteiger charge is -2.24. The Balaban J connectivity index is 1.59. The largest absolute Gasteiger partial charge is 0.493 e. The second-order valence-corrected chi connectivity index (χ2v) is 7.71. The van der Waals surface area contributed by atoms with Gasteiger partial charge < -0.3 is 14.4 Å². The van der Waals surface area contributed by atoms with Crippen LogP contribution in [0.25, 0.3) is 0 Å². The molecular formula is C20H28N2O5. The molecule has 0 bridgehead atoms. The van der Waals surface area contributed by atoms with Gasteiger partial charge in [-0.15, -0.1) is 0 Å². The van der Waals surface area contributed by atoms with Crippen LogP contribution in [-0.2, 0) is 11.2 Å². The minimum Gasteiger partial charge on any atom is -0.493 e. The van der Waals surface area contributed by atoms with Crippen LogP contribution < -0.4 is 9.47 Å². The summed E-state index contributed by atoms with van der Waals surface area (Å²) in [6, 6.07) is 6.05. The summed E-state index contributed by atoms with van der Waals surface area (Å²) in [6.45, 7) is 2.76. The first-order valence-electron chi connectivity index (χ1n) is 9.56. The maximum Gasteiger partial charge on any atom is 0.223 e. The van der Waals surface area contributed by atoms with Crippen molar-refractivity contribution in [1.82, 2.24) is 4.90 Å². The summed E-state index contributed by atoms with van der Waals surface area (Å²) >= 11 is 0. The van der Waals surface area contributed by atoms with Gasteiger partial charge >= 0.3 is 0 Å². The molecule has 4 atom stereocenters. The second-order valence-electron chi connectivity index (χ2n) is 7.71. The summed E-state index contributed by atoms with van der Waals surface area (Å²) in [5.41, 5.74) is 1.14. The third-order valence-corrected chi connectivity index (χ3v) is 6.19. The van der Waals surface area contributed by atoms with Crippen LogP contribution in [0.1, 0.15) is 31.7 Å². The van der Waals surface area contributed by atoms with Crippen molar-refractivity contribution in [3.05, 3.63) is 33.9 Å². The Morgan fingerprint density at radius 2 is 2.00 bits per heavy atom. The summed E-state index contributed by atoms with van der Waals surface area (Å²) in [5.74, 6) is 2.02. The number of ether oxygens (including phenoxy) is 2. The van der Waals surface area contributed by atoms with Crippen LogP contribution >= 0.6 is 0 Å². The molecule has 1 heterocycles. The summed E-state index contributed by atoms with van der Waals surface area (Å²) < 4.78 is 10.6. The Morgan fingerprint density at radius 3 is 2.67 bits per heavy atom. The first kappa shape index (κ1) is 19.5. The average molecular weight is 376 g/mol. The van der Waals surface area contributed by atoms with Crippen LogP contribution in [0.3, 0.4) is 0 Å². The number of carbonyl (C=O) groups excluding carboxylic acids is 1. The topological polar surface area (TPSA) is 81.9 Å². The number of methoxy groups -OCH3 is 2. The fourth-order valence-corrected chi connectivity index (χ4v) is 4.86. The minimum absolute atomic E-state index is 0.0183. The zero-order valence-electron chi connectivity index (χ0n) is 16.2. The standard InChI is InChI=1S/C20H28N2O5/c1-13-9-17-15(16(13)12-22(24)25)11-20(23)21(17)8-4-5-14-6-7-18(26-2)19(10-14)27-3/h6-7,10,13,15-17H,4-5,8-9,11-12H2,1-3H3/t13-,15?,16+,17?/m0/s1. The highest BCUT2D eigenvalue weighted by Crippen LogP contribution is 2.46. The minimum atomic E-state index is -0.228. The second kappa shape index (κ2) is 8.15. The van der Waals surface area contributed by atoms with Gasteiger partial charge in [-0.3, -0.25) is 14.9 Å². The number of nitro groups is 1. The van der Waals surface area contributed by atoms with Gasteiger partial charge in [-0.05, 0) is 48.8 Å². The van der Waals surface area contributed by atoms with E-state index in [1.165, 1.54) is 0 Å². The van der Waals surface area contributed by atoms with Crippen molar-refractivity contribution in [2.75, 3.05) is 27.3 Å². The van der Waals surface area contributed by atoms with E-state index >= 15 is 0 Å². The van der Waals surface area contributed by atoms with Crippen LogP contribution in [0.2, 0.25) is 0 Å². The number of aryl methyl sites for hydroxylation is 1. The Kier molecular flexibility index (Phi) is 5.87. The molecule has 0 radical (unpaired) electrons. The van der Waals surface area contributed by atoms with E-state index in [4.69, 9.17) is 9.47 Å². The molecule has 1 aromatic rings. The molecule has 1 saturated carbocycles. The first-order chi connectivity index (χ1) is 12.9. The molecule has 1 aromatic carbocycles. The molecule has 0 spiro atoms. The molecule has 1 saturated heterocycles. The van der Waals surface area contributed by atoms with Gasteiger partial charge in [0.15, 0.2) is 11.5 Å². The van der Waals surface area contributed by atoms with Crippen molar-refractivity contribution in [1.29, 1.82) is 0 Å². The molecule has 3 rings (SSSR count). The zero-order valence-corrected chi connectivity index (χ0v) is 16.2. The number of hydrogen-bond acceptors (Lipinski definition) is 5. The van der Waals surface area contributed by atoms with Gasteiger partial charge in [0.2, 0.25) is 12.5 Å². The lowest BCUT2D eigenvalue weighted by Crippen LogP contribution is -2.34. The highest BCUT2D eigenvalue weighted by Gasteiger charge is 2.51. The van der Waals surface area contributed by atoms with Crippen molar-refractivity contribution >= 4 is 5.91 Å². The van der Waals surface area contributed by atoms with E-state index in [1.54, 1.807) is 14.2 Å². The van der Waals surface area contributed by atoms with Crippen LogP contribution in [-0.4, -0.2) is 49.1 Å². The van der Waals surface area contributed by atoms with Gasteiger partial charge in [0, 0.05) is 29.8 Å². The number of likely N-dealkylation sites (tertiary alicyclic amines) is 1. The third-order valence-electron chi connectivity index (χ3n) is 6.19. The van der Waals surface area contributed by atoms with Crippen molar-refractivity contribution in [2.24, 2.45) is 17.8 Å². The van der Waals surface area contributed by atoms with Gasteiger partial charge in [-0.25, -0.2) is 0 Å². The van der Waals surface area contributed by atoms with E-state index in [9.17, 15) is 14.9 Å². The quantitative estimate of drug-likeness (QED) is 0.515. The van der Waals surface area contributed by atoms with Crippen LogP contribution in [0.4, 0.5) is 0 Å². The normalized spacial score (nSPS) is 26.9.